The number of nitrogens with zero attached hydrogens (tertiary/aromatic N) is 2. The molecule has 3 nitrogen and oxygen atoms in total. The smallest absolute Gasteiger partial charge is 0.0521 e. The maximum atomic E-state index is 4.25. The third kappa shape index (κ3) is 3.34. The first-order chi connectivity index (χ1) is 7.40. The van der Waals surface area contributed by atoms with E-state index < -0.39 is 0 Å². The number of aryl methyl sites for hydroxylation is 1. The summed E-state index contributed by atoms with van der Waals surface area (Å²) in [4.78, 5) is 0. The van der Waals surface area contributed by atoms with E-state index in [0.29, 0.717) is 0 Å². The van der Waals surface area contributed by atoms with Gasteiger partial charge in [0.15, 0.2) is 0 Å². The SMILES string of the molecule is CCn1nccc1CNCCCC1CC1. The maximum Gasteiger partial charge on any atom is 0.0521 e. The number of aromatic nitrogens is 2. The molecule has 1 aromatic heterocycles. The van der Waals surface area contributed by atoms with Crippen LogP contribution < -0.4 is 5.32 Å². The fourth-order valence-corrected chi connectivity index (χ4v) is 1.93. The van der Waals surface area contributed by atoms with Crippen LogP contribution in [0.3, 0.4) is 0 Å². The van der Waals surface area contributed by atoms with E-state index in [1.54, 1.807) is 0 Å². The van der Waals surface area contributed by atoms with E-state index in [-0.39, 0.29) is 0 Å². The van der Waals surface area contributed by atoms with Crippen LogP contribution >= 0.6 is 0 Å². The zero-order valence-corrected chi connectivity index (χ0v) is 9.58. The molecule has 0 radical (unpaired) electrons. The van der Waals surface area contributed by atoms with Crippen molar-refractivity contribution in [2.75, 3.05) is 6.54 Å². The van der Waals surface area contributed by atoms with Crippen molar-refractivity contribution in [1.82, 2.24) is 15.1 Å². The van der Waals surface area contributed by atoms with Gasteiger partial charge in [-0.05, 0) is 38.3 Å². The fourth-order valence-electron chi connectivity index (χ4n) is 1.93. The minimum Gasteiger partial charge on any atom is -0.311 e. The van der Waals surface area contributed by atoms with Gasteiger partial charge in [0.2, 0.25) is 0 Å². The van der Waals surface area contributed by atoms with Crippen LogP contribution in [-0.4, -0.2) is 16.3 Å². The topological polar surface area (TPSA) is 29.9 Å². The Balaban J connectivity index is 1.59. The predicted molar refractivity (Wildman–Crippen MR) is 61.6 cm³/mol. The Hall–Kier alpha value is -0.830. The van der Waals surface area contributed by atoms with Crippen molar-refractivity contribution in [3.8, 4) is 0 Å². The average Bonchev–Trinajstić information content (AvgIpc) is 2.96. The molecule has 1 N–H and O–H groups in total. The molecule has 1 aliphatic carbocycles. The largest absolute Gasteiger partial charge is 0.311 e. The summed E-state index contributed by atoms with van der Waals surface area (Å²) < 4.78 is 2.05. The highest BCUT2D eigenvalue weighted by atomic mass is 15.3. The maximum absolute atomic E-state index is 4.25. The van der Waals surface area contributed by atoms with Crippen molar-refractivity contribution in [1.29, 1.82) is 0 Å². The second-order valence-corrected chi connectivity index (χ2v) is 4.40. The lowest BCUT2D eigenvalue weighted by Crippen LogP contribution is -2.17. The van der Waals surface area contributed by atoms with Gasteiger partial charge in [0.1, 0.15) is 0 Å². The second-order valence-electron chi connectivity index (χ2n) is 4.40. The van der Waals surface area contributed by atoms with Gasteiger partial charge in [0, 0.05) is 19.3 Å². The van der Waals surface area contributed by atoms with Crippen LogP contribution in [0.5, 0.6) is 0 Å². The highest BCUT2D eigenvalue weighted by Gasteiger charge is 2.19. The molecule has 0 unspecified atom stereocenters. The van der Waals surface area contributed by atoms with Gasteiger partial charge in [0.05, 0.1) is 5.69 Å². The normalized spacial score (nSPS) is 15.8. The van der Waals surface area contributed by atoms with Crippen molar-refractivity contribution >= 4 is 0 Å². The molecule has 1 saturated carbocycles. The molecular weight excluding hydrogens is 186 g/mol. The van der Waals surface area contributed by atoms with E-state index >= 15 is 0 Å². The van der Waals surface area contributed by atoms with E-state index in [9.17, 15) is 0 Å². The molecule has 15 heavy (non-hydrogen) atoms. The van der Waals surface area contributed by atoms with Crippen molar-refractivity contribution in [2.24, 2.45) is 5.92 Å². The molecule has 0 spiro atoms. The van der Waals surface area contributed by atoms with E-state index in [2.05, 4.69) is 23.4 Å². The molecule has 1 heterocycles. The predicted octanol–water partition coefficient (Wildman–Crippen LogP) is 2.18. The lowest BCUT2D eigenvalue weighted by Gasteiger charge is -2.06. The highest BCUT2D eigenvalue weighted by molar-refractivity contribution is 4.99. The van der Waals surface area contributed by atoms with Gasteiger partial charge in [-0.15, -0.1) is 0 Å². The summed E-state index contributed by atoms with van der Waals surface area (Å²) in [7, 11) is 0. The van der Waals surface area contributed by atoms with Gasteiger partial charge in [0.25, 0.3) is 0 Å². The van der Waals surface area contributed by atoms with Gasteiger partial charge in [-0.25, -0.2) is 0 Å². The van der Waals surface area contributed by atoms with Crippen LogP contribution in [0.1, 0.15) is 38.3 Å². The molecule has 1 aromatic rings. The first-order valence-corrected chi connectivity index (χ1v) is 6.11. The Morgan fingerprint density at radius 1 is 1.53 bits per heavy atom. The van der Waals surface area contributed by atoms with Crippen molar-refractivity contribution < 1.29 is 0 Å². The van der Waals surface area contributed by atoms with Crippen LogP contribution in [0.25, 0.3) is 0 Å². The number of hydrogen-bond acceptors (Lipinski definition) is 2. The van der Waals surface area contributed by atoms with Crippen LogP contribution in [-0.2, 0) is 13.1 Å². The lowest BCUT2D eigenvalue weighted by atomic mass is 10.2. The van der Waals surface area contributed by atoms with E-state index in [4.69, 9.17) is 0 Å². The molecule has 3 heteroatoms. The third-order valence-electron chi connectivity index (χ3n) is 3.07. The van der Waals surface area contributed by atoms with Crippen molar-refractivity contribution in [3.63, 3.8) is 0 Å². The summed E-state index contributed by atoms with van der Waals surface area (Å²) in [5.74, 6) is 1.06. The number of nitrogens with one attached hydrogen (secondary N) is 1. The first-order valence-electron chi connectivity index (χ1n) is 6.11. The number of hydrogen-bond donors (Lipinski definition) is 1. The van der Waals surface area contributed by atoms with Crippen LogP contribution in [0.4, 0.5) is 0 Å². The van der Waals surface area contributed by atoms with Gasteiger partial charge < -0.3 is 5.32 Å². The Morgan fingerprint density at radius 2 is 2.40 bits per heavy atom. The van der Waals surface area contributed by atoms with Gasteiger partial charge in [-0.2, -0.15) is 5.10 Å². The second kappa shape index (κ2) is 5.31. The Kier molecular flexibility index (Phi) is 3.78. The zero-order chi connectivity index (χ0) is 10.5. The monoisotopic (exact) mass is 207 g/mol. The molecule has 0 aliphatic heterocycles. The quantitative estimate of drug-likeness (QED) is 0.695. The summed E-state index contributed by atoms with van der Waals surface area (Å²) in [5, 5.41) is 7.73. The molecule has 2 rings (SSSR count). The third-order valence-corrected chi connectivity index (χ3v) is 3.07. The molecular formula is C12H21N3. The molecule has 0 saturated heterocycles. The summed E-state index contributed by atoms with van der Waals surface area (Å²) >= 11 is 0. The van der Waals surface area contributed by atoms with Crippen LogP contribution in [0.15, 0.2) is 12.3 Å². The summed E-state index contributed by atoms with van der Waals surface area (Å²) in [5.41, 5.74) is 1.30. The molecule has 0 aromatic carbocycles. The molecule has 0 atom stereocenters. The zero-order valence-electron chi connectivity index (χ0n) is 9.58. The Bertz CT molecular complexity index is 289. The highest BCUT2D eigenvalue weighted by Crippen LogP contribution is 2.33. The van der Waals surface area contributed by atoms with E-state index in [0.717, 1.165) is 25.6 Å². The van der Waals surface area contributed by atoms with Crippen LogP contribution in [0, 0.1) is 5.92 Å². The van der Waals surface area contributed by atoms with Gasteiger partial charge in [-0.1, -0.05) is 12.8 Å². The molecule has 1 fully saturated rings. The van der Waals surface area contributed by atoms with E-state index in [1.807, 2.05) is 10.9 Å². The van der Waals surface area contributed by atoms with Crippen molar-refractivity contribution in [2.45, 2.75) is 45.7 Å². The van der Waals surface area contributed by atoms with Gasteiger partial charge >= 0.3 is 0 Å². The molecule has 84 valence electrons. The average molecular weight is 207 g/mol. The minimum atomic E-state index is 0.957. The molecule has 1 aliphatic rings. The standard InChI is InChI=1S/C12H21N3/c1-2-15-12(7-9-14-15)10-13-8-3-4-11-5-6-11/h7,9,11,13H,2-6,8,10H2,1H3. The van der Waals surface area contributed by atoms with Crippen molar-refractivity contribution in [3.05, 3.63) is 18.0 Å². The Labute approximate surface area is 91.9 Å². The Morgan fingerprint density at radius 3 is 3.13 bits per heavy atom. The summed E-state index contributed by atoms with van der Waals surface area (Å²) in [6.07, 6.45) is 7.57. The first kappa shape index (κ1) is 10.7. The molecule has 0 bridgehead atoms. The fraction of sp³-hybridized carbons (Fsp3) is 0.750. The van der Waals surface area contributed by atoms with Crippen LogP contribution in [0.2, 0.25) is 0 Å². The van der Waals surface area contributed by atoms with Gasteiger partial charge in [-0.3, -0.25) is 4.68 Å². The molecule has 0 amide bonds. The minimum absolute atomic E-state index is 0.957. The van der Waals surface area contributed by atoms with E-state index in [1.165, 1.54) is 31.4 Å². The summed E-state index contributed by atoms with van der Waals surface area (Å²) in [6, 6.07) is 2.09. The summed E-state index contributed by atoms with van der Waals surface area (Å²) in [6.45, 7) is 5.19. The number of rotatable bonds is 7. The lowest BCUT2D eigenvalue weighted by molar-refractivity contribution is 0.555.